The molecule has 1 saturated heterocycles. The summed E-state index contributed by atoms with van der Waals surface area (Å²) in [6.45, 7) is 5.85. The Balaban J connectivity index is 2.74. The molecule has 5 heteroatoms. The van der Waals surface area contributed by atoms with E-state index in [1.165, 1.54) is 0 Å². The zero-order valence-electron chi connectivity index (χ0n) is 11.5. The van der Waals surface area contributed by atoms with Crippen LogP contribution in [0.3, 0.4) is 0 Å². The highest BCUT2D eigenvalue weighted by Gasteiger charge is 2.44. The fourth-order valence-electron chi connectivity index (χ4n) is 2.27. The third kappa shape index (κ3) is 3.70. The van der Waals surface area contributed by atoms with Crippen LogP contribution in [0.1, 0.15) is 33.1 Å². The molecule has 1 heterocycles. The summed E-state index contributed by atoms with van der Waals surface area (Å²) >= 11 is 0. The van der Waals surface area contributed by atoms with Gasteiger partial charge in [-0.2, -0.15) is 0 Å². The van der Waals surface area contributed by atoms with Gasteiger partial charge in [0.1, 0.15) is 0 Å². The summed E-state index contributed by atoms with van der Waals surface area (Å²) in [5.41, 5.74) is -0.686. The van der Waals surface area contributed by atoms with Gasteiger partial charge < -0.3 is 14.4 Å². The Morgan fingerprint density at radius 2 is 1.67 bits per heavy atom. The molecule has 1 rings (SSSR count). The molecule has 0 aliphatic carbocycles. The fourth-order valence-corrected chi connectivity index (χ4v) is 2.27. The predicted octanol–water partition coefficient (Wildman–Crippen LogP) is 1.21. The van der Waals surface area contributed by atoms with Crippen LogP contribution in [0.4, 0.5) is 0 Å². The molecule has 104 valence electrons. The average Bonchev–Trinajstić information content (AvgIpc) is 2.33. The van der Waals surface area contributed by atoms with E-state index in [2.05, 4.69) is 4.90 Å². The van der Waals surface area contributed by atoms with Gasteiger partial charge in [0, 0.05) is 0 Å². The molecule has 0 atom stereocenters. The SMILES string of the molecule is CCOC(=O)CC1(C(=O)OCC)CCN(C)CC1. The number of carbonyl (C=O) groups excluding carboxylic acids is 2. The molecule has 5 nitrogen and oxygen atoms in total. The molecule has 0 N–H and O–H groups in total. The van der Waals surface area contributed by atoms with Crippen LogP contribution in [0.25, 0.3) is 0 Å². The standard InChI is InChI=1S/C13H23NO4/c1-4-17-11(15)10-13(12(16)18-5-2)6-8-14(3)9-7-13/h4-10H2,1-3H3. The van der Waals surface area contributed by atoms with Crippen molar-refractivity contribution in [2.75, 3.05) is 33.4 Å². The molecule has 0 unspecified atom stereocenters. The van der Waals surface area contributed by atoms with Crippen LogP contribution >= 0.6 is 0 Å². The van der Waals surface area contributed by atoms with E-state index in [0.717, 1.165) is 13.1 Å². The molecule has 1 aliphatic rings. The van der Waals surface area contributed by atoms with Crippen LogP contribution in [0, 0.1) is 5.41 Å². The van der Waals surface area contributed by atoms with Crippen molar-refractivity contribution in [1.29, 1.82) is 0 Å². The largest absolute Gasteiger partial charge is 0.466 e. The van der Waals surface area contributed by atoms with Gasteiger partial charge in [-0.1, -0.05) is 0 Å². The number of hydrogen-bond donors (Lipinski definition) is 0. The Labute approximate surface area is 108 Å². The quantitative estimate of drug-likeness (QED) is 0.693. The summed E-state index contributed by atoms with van der Waals surface area (Å²) in [5, 5.41) is 0. The van der Waals surface area contributed by atoms with Crippen molar-refractivity contribution in [3.05, 3.63) is 0 Å². The van der Waals surface area contributed by atoms with E-state index in [9.17, 15) is 9.59 Å². The number of rotatable bonds is 5. The van der Waals surface area contributed by atoms with Gasteiger partial charge in [0.25, 0.3) is 0 Å². The number of piperidine rings is 1. The number of hydrogen-bond acceptors (Lipinski definition) is 5. The van der Waals surface area contributed by atoms with Crippen molar-refractivity contribution in [3.63, 3.8) is 0 Å². The van der Waals surface area contributed by atoms with Gasteiger partial charge in [0.05, 0.1) is 25.0 Å². The zero-order chi connectivity index (χ0) is 13.6. The lowest BCUT2D eigenvalue weighted by Gasteiger charge is -2.37. The summed E-state index contributed by atoms with van der Waals surface area (Å²) in [4.78, 5) is 25.9. The third-order valence-corrected chi connectivity index (χ3v) is 3.44. The lowest BCUT2D eigenvalue weighted by atomic mass is 9.75. The highest BCUT2D eigenvalue weighted by molar-refractivity contribution is 5.83. The van der Waals surface area contributed by atoms with Gasteiger partial charge in [0.2, 0.25) is 0 Å². The van der Waals surface area contributed by atoms with Crippen molar-refractivity contribution in [1.82, 2.24) is 4.90 Å². The van der Waals surface area contributed by atoms with E-state index < -0.39 is 5.41 Å². The van der Waals surface area contributed by atoms with Crippen molar-refractivity contribution >= 4 is 11.9 Å². The molecular weight excluding hydrogens is 234 g/mol. The molecule has 0 saturated carbocycles. The molecule has 0 amide bonds. The van der Waals surface area contributed by atoms with Crippen LogP contribution < -0.4 is 0 Å². The second-order valence-corrected chi connectivity index (χ2v) is 4.79. The fraction of sp³-hybridized carbons (Fsp3) is 0.846. The normalized spacial score (nSPS) is 19.3. The average molecular weight is 257 g/mol. The third-order valence-electron chi connectivity index (χ3n) is 3.44. The summed E-state index contributed by atoms with van der Waals surface area (Å²) in [7, 11) is 2.01. The van der Waals surface area contributed by atoms with E-state index in [1.54, 1.807) is 13.8 Å². The number of ether oxygens (including phenoxy) is 2. The molecule has 0 spiro atoms. The highest BCUT2D eigenvalue weighted by Crippen LogP contribution is 2.36. The lowest BCUT2D eigenvalue weighted by molar-refractivity contribution is -0.165. The molecule has 18 heavy (non-hydrogen) atoms. The summed E-state index contributed by atoms with van der Waals surface area (Å²) in [6, 6.07) is 0. The highest BCUT2D eigenvalue weighted by atomic mass is 16.5. The number of likely N-dealkylation sites (tertiary alicyclic amines) is 1. The Hall–Kier alpha value is -1.10. The van der Waals surface area contributed by atoms with E-state index in [-0.39, 0.29) is 18.4 Å². The Morgan fingerprint density at radius 3 is 2.17 bits per heavy atom. The maximum atomic E-state index is 12.1. The van der Waals surface area contributed by atoms with Crippen molar-refractivity contribution in [3.8, 4) is 0 Å². The molecule has 1 fully saturated rings. The van der Waals surface area contributed by atoms with E-state index in [0.29, 0.717) is 26.1 Å². The maximum absolute atomic E-state index is 12.1. The summed E-state index contributed by atoms with van der Waals surface area (Å²) < 4.78 is 10.1. The van der Waals surface area contributed by atoms with Crippen LogP contribution in [0.15, 0.2) is 0 Å². The number of esters is 2. The predicted molar refractivity (Wildman–Crippen MR) is 67.0 cm³/mol. The number of nitrogens with zero attached hydrogens (tertiary/aromatic N) is 1. The summed E-state index contributed by atoms with van der Waals surface area (Å²) in [5.74, 6) is -0.568. The van der Waals surface area contributed by atoms with E-state index in [1.807, 2.05) is 7.05 Å². The van der Waals surface area contributed by atoms with Crippen LogP contribution in [-0.2, 0) is 19.1 Å². The van der Waals surface area contributed by atoms with Crippen LogP contribution in [0.5, 0.6) is 0 Å². The van der Waals surface area contributed by atoms with Crippen molar-refractivity contribution in [2.24, 2.45) is 5.41 Å². The first-order valence-electron chi connectivity index (χ1n) is 6.55. The maximum Gasteiger partial charge on any atom is 0.312 e. The monoisotopic (exact) mass is 257 g/mol. The van der Waals surface area contributed by atoms with Gasteiger partial charge in [-0.3, -0.25) is 9.59 Å². The summed E-state index contributed by atoms with van der Waals surface area (Å²) in [6.07, 6.45) is 1.44. The lowest BCUT2D eigenvalue weighted by Crippen LogP contribution is -2.45. The van der Waals surface area contributed by atoms with Gasteiger partial charge in [-0.15, -0.1) is 0 Å². The zero-order valence-corrected chi connectivity index (χ0v) is 11.5. The minimum atomic E-state index is -0.686. The van der Waals surface area contributed by atoms with E-state index >= 15 is 0 Å². The Kier molecular flexibility index (Phi) is 5.59. The topological polar surface area (TPSA) is 55.8 Å². The minimum absolute atomic E-state index is 0.132. The van der Waals surface area contributed by atoms with Gasteiger partial charge in [0.15, 0.2) is 0 Å². The molecule has 1 aliphatic heterocycles. The second kappa shape index (κ2) is 6.73. The van der Waals surface area contributed by atoms with Gasteiger partial charge in [-0.05, 0) is 46.8 Å². The molecule has 0 aromatic carbocycles. The van der Waals surface area contributed by atoms with Gasteiger partial charge >= 0.3 is 11.9 Å². The van der Waals surface area contributed by atoms with E-state index in [4.69, 9.17) is 9.47 Å². The smallest absolute Gasteiger partial charge is 0.312 e. The van der Waals surface area contributed by atoms with Crippen LogP contribution in [-0.4, -0.2) is 50.2 Å². The first-order valence-corrected chi connectivity index (χ1v) is 6.55. The second-order valence-electron chi connectivity index (χ2n) is 4.79. The molecular formula is C13H23NO4. The molecule has 0 bridgehead atoms. The van der Waals surface area contributed by atoms with Crippen molar-refractivity contribution < 1.29 is 19.1 Å². The molecule has 0 aromatic rings. The molecule has 0 radical (unpaired) electrons. The van der Waals surface area contributed by atoms with Crippen LogP contribution in [0.2, 0.25) is 0 Å². The Bertz CT molecular complexity index is 295. The van der Waals surface area contributed by atoms with Gasteiger partial charge in [-0.25, -0.2) is 0 Å². The number of carbonyl (C=O) groups is 2. The molecule has 0 aromatic heterocycles. The van der Waals surface area contributed by atoms with Crippen molar-refractivity contribution in [2.45, 2.75) is 33.1 Å². The minimum Gasteiger partial charge on any atom is -0.466 e. The first kappa shape index (κ1) is 15.0. The first-order chi connectivity index (χ1) is 8.54. The Morgan fingerprint density at radius 1 is 1.11 bits per heavy atom.